The minimum Gasteiger partial charge on any atom is -0.493 e. The number of ether oxygens (including phenoxy) is 2. The van der Waals surface area contributed by atoms with Crippen LogP contribution in [0.3, 0.4) is 0 Å². The van der Waals surface area contributed by atoms with E-state index in [1.54, 1.807) is 14.2 Å². The van der Waals surface area contributed by atoms with Gasteiger partial charge in [-0.3, -0.25) is 10.1 Å². The quantitative estimate of drug-likeness (QED) is 0.830. The summed E-state index contributed by atoms with van der Waals surface area (Å²) in [6.07, 6.45) is 2.17. The number of hydrogen-bond acceptors (Lipinski definition) is 4. The SMILES string of the molecule is COc1ccc(CN[C@@H](C(=O)N2CCCC2)c2ccccc2)cc1OC. The molecule has 1 N–H and O–H groups in total. The fourth-order valence-electron chi connectivity index (χ4n) is 3.32. The van der Waals surface area contributed by atoms with Crippen molar-refractivity contribution in [3.8, 4) is 11.5 Å². The Morgan fingerprint density at radius 3 is 2.38 bits per heavy atom. The van der Waals surface area contributed by atoms with Crippen LogP contribution in [-0.2, 0) is 11.3 Å². The molecule has 1 atom stereocenters. The normalized spacial score (nSPS) is 14.9. The van der Waals surface area contributed by atoms with E-state index in [-0.39, 0.29) is 11.9 Å². The summed E-state index contributed by atoms with van der Waals surface area (Å²) >= 11 is 0. The number of nitrogens with one attached hydrogen (secondary N) is 1. The fraction of sp³-hybridized carbons (Fsp3) is 0.381. The minimum absolute atomic E-state index is 0.147. The maximum absolute atomic E-state index is 13.0. The Kier molecular flexibility index (Phi) is 6.12. The van der Waals surface area contributed by atoms with Gasteiger partial charge in [-0.2, -0.15) is 0 Å². The Hall–Kier alpha value is -2.53. The second-order valence-corrected chi connectivity index (χ2v) is 6.45. The molecule has 1 fully saturated rings. The van der Waals surface area contributed by atoms with Crippen LogP contribution in [0.4, 0.5) is 0 Å². The molecule has 1 aliphatic rings. The maximum Gasteiger partial charge on any atom is 0.244 e. The first-order valence-electron chi connectivity index (χ1n) is 9.01. The summed E-state index contributed by atoms with van der Waals surface area (Å²) < 4.78 is 10.7. The van der Waals surface area contributed by atoms with Crippen LogP contribution in [0.1, 0.15) is 30.0 Å². The Morgan fingerprint density at radius 2 is 1.73 bits per heavy atom. The average molecular weight is 354 g/mol. The molecule has 0 bridgehead atoms. The molecule has 0 saturated carbocycles. The molecule has 1 heterocycles. The molecule has 1 aliphatic heterocycles. The second-order valence-electron chi connectivity index (χ2n) is 6.45. The predicted octanol–water partition coefficient (Wildman–Crippen LogP) is 3.16. The molecular weight excluding hydrogens is 328 g/mol. The third kappa shape index (κ3) is 4.17. The molecule has 2 aromatic rings. The van der Waals surface area contributed by atoms with E-state index >= 15 is 0 Å². The van der Waals surface area contributed by atoms with E-state index in [2.05, 4.69) is 5.32 Å². The second kappa shape index (κ2) is 8.72. The summed E-state index contributed by atoms with van der Waals surface area (Å²) in [5.74, 6) is 1.53. The molecule has 0 unspecified atom stereocenters. The smallest absolute Gasteiger partial charge is 0.244 e. The first-order chi connectivity index (χ1) is 12.7. The van der Waals surface area contributed by atoms with Crippen molar-refractivity contribution in [3.05, 3.63) is 59.7 Å². The van der Waals surface area contributed by atoms with Crippen LogP contribution < -0.4 is 14.8 Å². The van der Waals surface area contributed by atoms with Gasteiger partial charge in [-0.1, -0.05) is 36.4 Å². The third-order valence-corrected chi connectivity index (χ3v) is 4.76. The lowest BCUT2D eigenvalue weighted by Crippen LogP contribution is -2.39. The molecule has 1 amide bonds. The highest BCUT2D eigenvalue weighted by Crippen LogP contribution is 2.28. The highest BCUT2D eigenvalue weighted by Gasteiger charge is 2.27. The number of nitrogens with zero attached hydrogens (tertiary/aromatic N) is 1. The molecular formula is C21H26N2O3. The molecule has 0 radical (unpaired) electrons. The molecule has 1 saturated heterocycles. The molecule has 0 aromatic heterocycles. The van der Waals surface area contributed by atoms with E-state index in [4.69, 9.17) is 9.47 Å². The van der Waals surface area contributed by atoms with Gasteiger partial charge >= 0.3 is 0 Å². The number of rotatable bonds is 7. The van der Waals surface area contributed by atoms with E-state index in [9.17, 15) is 4.79 Å². The zero-order valence-electron chi connectivity index (χ0n) is 15.4. The van der Waals surface area contributed by atoms with Crippen LogP contribution in [0.2, 0.25) is 0 Å². The number of carbonyl (C=O) groups is 1. The van der Waals surface area contributed by atoms with E-state index in [0.717, 1.165) is 37.1 Å². The Morgan fingerprint density at radius 1 is 1.04 bits per heavy atom. The molecule has 2 aromatic carbocycles. The van der Waals surface area contributed by atoms with Gasteiger partial charge in [0.05, 0.1) is 14.2 Å². The molecule has 0 spiro atoms. The summed E-state index contributed by atoms with van der Waals surface area (Å²) in [5.41, 5.74) is 2.03. The fourth-order valence-corrected chi connectivity index (χ4v) is 3.32. The predicted molar refractivity (Wildman–Crippen MR) is 101 cm³/mol. The van der Waals surface area contributed by atoms with Gasteiger partial charge in [-0.05, 0) is 36.1 Å². The third-order valence-electron chi connectivity index (χ3n) is 4.76. The van der Waals surface area contributed by atoms with Crippen LogP contribution in [-0.4, -0.2) is 38.1 Å². The van der Waals surface area contributed by atoms with Gasteiger partial charge in [0.15, 0.2) is 11.5 Å². The molecule has 138 valence electrons. The number of carbonyl (C=O) groups excluding carboxylic acids is 1. The van der Waals surface area contributed by atoms with Gasteiger partial charge in [-0.25, -0.2) is 0 Å². The first-order valence-corrected chi connectivity index (χ1v) is 9.01. The van der Waals surface area contributed by atoms with Crippen molar-refractivity contribution >= 4 is 5.91 Å². The summed E-state index contributed by atoms with van der Waals surface area (Å²) in [6.45, 7) is 2.26. The standard InChI is InChI=1S/C21H26N2O3/c1-25-18-11-10-16(14-19(18)26-2)15-22-20(17-8-4-3-5-9-17)21(24)23-12-6-7-13-23/h3-5,8-11,14,20,22H,6-7,12-13,15H2,1-2H3/t20-/m1/s1. The highest BCUT2D eigenvalue weighted by atomic mass is 16.5. The number of amides is 1. The van der Waals surface area contributed by atoms with Crippen LogP contribution >= 0.6 is 0 Å². The first kappa shape index (κ1) is 18.3. The van der Waals surface area contributed by atoms with Crippen molar-refractivity contribution in [1.29, 1.82) is 0 Å². The van der Waals surface area contributed by atoms with Crippen molar-refractivity contribution < 1.29 is 14.3 Å². The number of likely N-dealkylation sites (tertiary alicyclic amines) is 1. The van der Waals surface area contributed by atoms with Gasteiger partial charge in [0.2, 0.25) is 5.91 Å². The number of hydrogen-bond donors (Lipinski definition) is 1. The average Bonchev–Trinajstić information content (AvgIpc) is 3.23. The zero-order chi connectivity index (χ0) is 18.4. The molecule has 3 rings (SSSR count). The molecule has 0 aliphatic carbocycles. The van der Waals surface area contributed by atoms with Crippen LogP contribution in [0, 0.1) is 0 Å². The van der Waals surface area contributed by atoms with Crippen molar-refractivity contribution in [1.82, 2.24) is 10.2 Å². The monoisotopic (exact) mass is 354 g/mol. The van der Waals surface area contributed by atoms with Crippen LogP contribution in [0.5, 0.6) is 11.5 Å². The Labute approximate surface area is 154 Å². The van der Waals surface area contributed by atoms with Crippen LogP contribution in [0.15, 0.2) is 48.5 Å². The summed E-state index contributed by atoms with van der Waals surface area (Å²) in [7, 11) is 3.24. The largest absolute Gasteiger partial charge is 0.493 e. The van der Waals surface area contributed by atoms with Crippen molar-refractivity contribution in [2.75, 3.05) is 27.3 Å². The Bertz CT molecular complexity index is 727. The summed E-state index contributed by atoms with van der Waals surface area (Å²) in [5, 5.41) is 3.43. The van der Waals surface area contributed by atoms with Gasteiger partial charge in [0, 0.05) is 19.6 Å². The van der Waals surface area contributed by atoms with E-state index in [0.29, 0.717) is 18.0 Å². The molecule has 26 heavy (non-hydrogen) atoms. The summed E-state index contributed by atoms with van der Waals surface area (Å²) in [4.78, 5) is 15.0. The Balaban J connectivity index is 1.76. The highest BCUT2D eigenvalue weighted by molar-refractivity contribution is 5.83. The minimum atomic E-state index is -0.345. The van der Waals surface area contributed by atoms with Crippen molar-refractivity contribution in [2.45, 2.75) is 25.4 Å². The molecule has 5 nitrogen and oxygen atoms in total. The van der Waals surface area contributed by atoms with Crippen LogP contribution in [0.25, 0.3) is 0 Å². The summed E-state index contributed by atoms with van der Waals surface area (Å²) in [6, 6.07) is 15.4. The lowest BCUT2D eigenvalue weighted by molar-refractivity contribution is -0.132. The van der Waals surface area contributed by atoms with Gasteiger partial charge in [-0.15, -0.1) is 0 Å². The van der Waals surface area contributed by atoms with Crippen molar-refractivity contribution in [3.63, 3.8) is 0 Å². The maximum atomic E-state index is 13.0. The topological polar surface area (TPSA) is 50.8 Å². The van der Waals surface area contributed by atoms with Crippen molar-refractivity contribution in [2.24, 2.45) is 0 Å². The number of benzene rings is 2. The molecule has 5 heteroatoms. The zero-order valence-corrected chi connectivity index (χ0v) is 15.4. The van der Waals surface area contributed by atoms with Gasteiger partial charge in [0.1, 0.15) is 6.04 Å². The van der Waals surface area contributed by atoms with Gasteiger partial charge in [0.25, 0.3) is 0 Å². The number of methoxy groups -OCH3 is 2. The van der Waals surface area contributed by atoms with E-state index in [1.165, 1.54) is 0 Å². The van der Waals surface area contributed by atoms with E-state index < -0.39 is 0 Å². The lowest BCUT2D eigenvalue weighted by atomic mass is 10.0. The van der Waals surface area contributed by atoms with Gasteiger partial charge < -0.3 is 14.4 Å². The van der Waals surface area contributed by atoms with E-state index in [1.807, 2.05) is 53.4 Å². The lowest BCUT2D eigenvalue weighted by Gasteiger charge is -2.24.